The van der Waals surface area contributed by atoms with Crippen molar-refractivity contribution < 1.29 is 4.74 Å². The molecule has 4 nitrogen and oxygen atoms in total. The highest BCUT2D eigenvalue weighted by Gasteiger charge is 2.06. The summed E-state index contributed by atoms with van der Waals surface area (Å²) >= 11 is 0. The molecular formula is C17H15N3O. The molecule has 0 amide bonds. The maximum Gasteiger partial charge on any atom is 0.222 e. The van der Waals surface area contributed by atoms with Gasteiger partial charge < -0.3 is 10.5 Å². The Bertz CT molecular complexity index is 729. The third kappa shape index (κ3) is 3.07. The van der Waals surface area contributed by atoms with Crippen LogP contribution in [0, 0.1) is 0 Å². The molecule has 3 rings (SSSR count). The van der Waals surface area contributed by atoms with Crippen molar-refractivity contribution in [2.45, 2.75) is 6.54 Å². The van der Waals surface area contributed by atoms with E-state index in [9.17, 15) is 0 Å². The molecule has 4 heteroatoms. The topological polar surface area (TPSA) is 61.0 Å². The zero-order valence-electron chi connectivity index (χ0n) is 11.4. The van der Waals surface area contributed by atoms with Gasteiger partial charge in [0, 0.05) is 23.7 Å². The van der Waals surface area contributed by atoms with Gasteiger partial charge >= 0.3 is 0 Å². The molecule has 0 aliphatic rings. The maximum atomic E-state index is 5.83. The minimum atomic E-state index is 0.423. The van der Waals surface area contributed by atoms with E-state index in [0.29, 0.717) is 12.4 Å². The number of benzene rings is 2. The van der Waals surface area contributed by atoms with Gasteiger partial charge in [-0.3, -0.25) is 0 Å². The number of rotatable bonds is 4. The molecule has 0 atom stereocenters. The molecule has 0 spiro atoms. The molecule has 0 unspecified atom stereocenters. The van der Waals surface area contributed by atoms with E-state index in [-0.39, 0.29) is 0 Å². The number of nitrogens with two attached hydrogens (primary N) is 1. The molecule has 0 bridgehead atoms. The van der Waals surface area contributed by atoms with Crippen LogP contribution >= 0.6 is 0 Å². The predicted octanol–water partition coefficient (Wildman–Crippen LogP) is 3.39. The average molecular weight is 277 g/mol. The van der Waals surface area contributed by atoms with Crippen LogP contribution in [0.5, 0.6) is 11.6 Å². The lowest BCUT2D eigenvalue weighted by molar-refractivity contribution is 0.456. The third-order valence-corrected chi connectivity index (χ3v) is 3.12. The summed E-state index contributed by atoms with van der Waals surface area (Å²) in [6.45, 7) is 0.423. The molecule has 2 N–H and O–H groups in total. The van der Waals surface area contributed by atoms with E-state index in [4.69, 9.17) is 10.5 Å². The Labute approximate surface area is 123 Å². The van der Waals surface area contributed by atoms with Crippen molar-refractivity contribution in [2.75, 3.05) is 0 Å². The molecule has 104 valence electrons. The van der Waals surface area contributed by atoms with Crippen molar-refractivity contribution >= 4 is 0 Å². The summed E-state index contributed by atoms with van der Waals surface area (Å²) < 4.78 is 5.83. The van der Waals surface area contributed by atoms with Crippen LogP contribution in [-0.2, 0) is 6.54 Å². The molecular weight excluding hydrogens is 262 g/mol. The van der Waals surface area contributed by atoms with Crippen molar-refractivity contribution in [3.63, 3.8) is 0 Å². The van der Waals surface area contributed by atoms with Crippen molar-refractivity contribution in [1.29, 1.82) is 0 Å². The van der Waals surface area contributed by atoms with Gasteiger partial charge in [-0.1, -0.05) is 48.5 Å². The fourth-order valence-corrected chi connectivity index (χ4v) is 2.05. The first kappa shape index (κ1) is 13.3. The summed E-state index contributed by atoms with van der Waals surface area (Å²) in [5.41, 5.74) is 8.50. The minimum absolute atomic E-state index is 0.423. The van der Waals surface area contributed by atoms with E-state index in [1.54, 1.807) is 0 Å². The van der Waals surface area contributed by atoms with Gasteiger partial charge in [0.05, 0.1) is 5.69 Å². The van der Waals surface area contributed by atoms with Crippen LogP contribution in [0.1, 0.15) is 5.56 Å². The minimum Gasteiger partial charge on any atom is -0.439 e. The highest BCUT2D eigenvalue weighted by Crippen LogP contribution is 2.26. The molecule has 2 aromatic carbocycles. The SMILES string of the molecule is NCc1ccccc1Oc1cc(-c2ccccc2)ncn1. The lowest BCUT2D eigenvalue weighted by Crippen LogP contribution is -2.00. The molecule has 0 radical (unpaired) electrons. The molecule has 1 heterocycles. The van der Waals surface area contributed by atoms with Crippen LogP contribution in [0.4, 0.5) is 0 Å². The fraction of sp³-hybridized carbons (Fsp3) is 0.0588. The highest BCUT2D eigenvalue weighted by atomic mass is 16.5. The molecule has 0 saturated carbocycles. The Kier molecular flexibility index (Phi) is 3.89. The first-order chi connectivity index (χ1) is 10.4. The quantitative estimate of drug-likeness (QED) is 0.794. The number of para-hydroxylation sites is 1. The predicted molar refractivity (Wildman–Crippen MR) is 81.9 cm³/mol. The van der Waals surface area contributed by atoms with Gasteiger partial charge in [-0.2, -0.15) is 0 Å². The Morgan fingerprint density at radius 1 is 0.905 bits per heavy atom. The zero-order valence-corrected chi connectivity index (χ0v) is 11.4. The molecule has 3 aromatic rings. The standard InChI is InChI=1S/C17H15N3O/c18-11-14-8-4-5-9-16(14)21-17-10-15(19-12-20-17)13-6-2-1-3-7-13/h1-10,12H,11,18H2. The summed E-state index contributed by atoms with van der Waals surface area (Å²) in [5.74, 6) is 1.22. The van der Waals surface area contributed by atoms with E-state index in [1.807, 2.05) is 60.7 Å². The van der Waals surface area contributed by atoms with Crippen molar-refractivity contribution in [3.05, 3.63) is 72.6 Å². The normalized spacial score (nSPS) is 10.3. The second kappa shape index (κ2) is 6.15. The second-order valence-corrected chi connectivity index (χ2v) is 4.52. The van der Waals surface area contributed by atoms with Crippen molar-refractivity contribution in [2.24, 2.45) is 5.73 Å². The van der Waals surface area contributed by atoms with Gasteiger partial charge in [-0.25, -0.2) is 9.97 Å². The first-order valence-electron chi connectivity index (χ1n) is 6.70. The van der Waals surface area contributed by atoms with Crippen LogP contribution in [0.2, 0.25) is 0 Å². The van der Waals surface area contributed by atoms with Crippen LogP contribution < -0.4 is 10.5 Å². The van der Waals surface area contributed by atoms with E-state index in [2.05, 4.69) is 9.97 Å². The van der Waals surface area contributed by atoms with Gasteiger partial charge in [0.2, 0.25) is 5.88 Å². The Morgan fingerprint density at radius 2 is 1.67 bits per heavy atom. The van der Waals surface area contributed by atoms with Gasteiger partial charge in [-0.05, 0) is 6.07 Å². The molecule has 21 heavy (non-hydrogen) atoms. The summed E-state index contributed by atoms with van der Waals surface area (Å²) in [6, 6.07) is 19.4. The molecule has 0 aliphatic carbocycles. The van der Waals surface area contributed by atoms with E-state index in [1.165, 1.54) is 6.33 Å². The Balaban J connectivity index is 1.90. The monoisotopic (exact) mass is 277 g/mol. The van der Waals surface area contributed by atoms with Crippen LogP contribution in [0.15, 0.2) is 67.0 Å². The Morgan fingerprint density at radius 3 is 2.48 bits per heavy atom. The lowest BCUT2D eigenvalue weighted by atomic mass is 10.1. The van der Waals surface area contributed by atoms with Gasteiger partial charge in [0.15, 0.2) is 0 Å². The van der Waals surface area contributed by atoms with E-state index < -0.39 is 0 Å². The second-order valence-electron chi connectivity index (χ2n) is 4.52. The zero-order chi connectivity index (χ0) is 14.5. The smallest absolute Gasteiger partial charge is 0.222 e. The van der Waals surface area contributed by atoms with Crippen LogP contribution in [0.25, 0.3) is 11.3 Å². The Hall–Kier alpha value is -2.72. The van der Waals surface area contributed by atoms with Gasteiger partial charge in [-0.15, -0.1) is 0 Å². The third-order valence-electron chi connectivity index (χ3n) is 3.12. The van der Waals surface area contributed by atoms with Crippen LogP contribution in [-0.4, -0.2) is 9.97 Å². The number of aromatic nitrogens is 2. The van der Waals surface area contributed by atoms with E-state index >= 15 is 0 Å². The van der Waals surface area contributed by atoms with Crippen molar-refractivity contribution in [3.8, 4) is 22.9 Å². The van der Waals surface area contributed by atoms with Crippen LogP contribution in [0.3, 0.4) is 0 Å². The number of hydrogen-bond donors (Lipinski definition) is 1. The molecule has 0 fully saturated rings. The maximum absolute atomic E-state index is 5.83. The number of nitrogens with zero attached hydrogens (tertiary/aromatic N) is 2. The highest BCUT2D eigenvalue weighted by molar-refractivity contribution is 5.59. The average Bonchev–Trinajstić information content (AvgIpc) is 2.56. The van der Waals surface area contributed by atoms with Gasteiger partial charge in [0.1, 0.15) is 12.1 Å². The lowest BCUT2D eigenvalue weighted by Gasteiger charge is -2.09. The summed E-state index contributed by atoms with van der Waals surface area (Å²) in [4.78, 5) is 8.44. The summed E-state index contributed by atoms with van der Waals surface area (Å²) in [7, 11) is 0. The molecule has 0 saturated heterocycles. The van der Waals surface area contributed by atoms with Gasteiger partial charge in [0.25, 0.3) is 0 Å². The van der Waals surface area contributed by atoms with Crippen molar-refractivity contribution in [1.82, 2.24) is 9.97 Å². The van der Waals surface area contributed by atoms with E-state index in [0.717, 1.165) is 22.6 Å². The number of ether oxygens (including phenoxy) is 1. The summed E-state index contributed by atoms with van der Waals surface area (Å²) in [5, 5.41) is 0. The fourth-order valence-electron chi connectivity index (χ4n) is 2.05. The molecule has 1 aromatic heterocycles. The first-order valence-corrected chi connectivity index (χ1v) is 6.70. The molecule has 0 aliphatic heterocycles. The number of hydrogen-bond acceptors (Lipinski definition) is 4. The summed E-state index contributed by atoms with van der Waals surface area (Å²) in [6.07, 6.45) is 1.50. The largest absolute Gasteiger partial charge is 0.439 e.